The number of amides is 2. The summed E-state index contributed by atoms with van der Waals surface area (Å²) in [7, 11) is 0. The van der Waals surface area contributed by atoms with Crippen molar-refractivity contribution in [2.75, 3.05) is 18.5 Å². The van der Waals surface area contributed by atoms with Gasteiger partial charge in [0.2, 0.25) is 0 Å². The molecule has 0 aliphatic heterocycles. The predicted molar refractivity (Wildman–Crippen MR) is 145 cm³/mol. The second-order valence-corrected chi connectivity index (χ2v) is 8.74. The summed E-state index contributed by atoms with van der Waals surface area (Å²) < 4.78 is 5.62. The maximum absolute atomic E-state index is 12.6. The zero-order valence-electron chi connectivity index (χ0n) is 20.8. The van der Waals surface area contributed by atoms with Crippen LogP contribution in [0, 0.1) is 25.2 Å². The Kier molecular flexibility index (Phi) is 8.01. The SMILES string of the molecule is Cc1ccc(NC(=O)COc2cccc(/C=C(/C#N)C(=O)NCCc3c[nH]c4ccccc34)c2)cc1C. The zero-order valence-corrected chi connectivity index (χ0v) is 20.8. The minimum Gasteiger partial charge on any atom is -0.484 e. The number of hydrogen-bond donors (Lipinski definition) is 3. The molecule has 3 N–H and O–H groups in total. The molecule has 0 bridgehead atoms. The Hall–Kier alpha value is -4.83. The number of fused-ring (bicyclic) bond motifs is 1. The van der Waals surface area contributed by atoms with Crippen LogP contribution in [-0.2, 0) is 16.0 Å². The van der Waals surface area contributed by atoms with E-state index in [0.717, 1.165) is 27.6 Å². The van der Waals surface area contributed by atoms with Gasteiger partial charge in [0.05, 0.1) is 0 Å². The highest BCUT2D eigenvalue weighted by Gasteiger charge is 2.11. The maximum atomic E-state index is 12.6. The van der Waals surface area contributed by atoms with Gasteiger partial charge in [-0.2, -0.15) is 5.26 Å². The fourth-order valence-electron chi connectivity index (χ4n) is 3.92. The number of nitriles is 1. The lowest BCUT2D eigenvalue weighted by molar-refractivity contribution is -0.118. The third kappa shape index (κ3) is 6.65. The first-order valence-corrected chi connectivity index (χ1v) is 12.0. The summed E-state index contributed by atoms with van der Waals surface area (Å²) in [5.41, 5.74) is 5.71. The standard InChI is InChI=1S/C30H28N4O3/c1-20-10-11-25(14-21(20)2)34-29(35)19-37-26-7-5-6-22(16-26)15-24(17-31)30(36)32-13-12-23-18-33-28-9-4-3-8-27(23)28/h3-11,14-16,18,33H,12-13,19H2,1-2H3,(H,32,36)(H,34,35)/b24-15-. The fourth-order valence-corrected chi connectivity index (χ4v) is 3.92. The normalized spacial score (nSPS) is 11.1. The third-order valence-electron chi connectivity index (χ3n) is 6.05. The van der Waals surface area contributed by atoms with Gasteiger partial charge in [-0.15, -0.1) is 0 Å². The second-order valence-electron chi connectivity index (χ2n) is 8.74. The molecule has 0 fully saturated rings. The quantitative estimate of drug-likeness (QED) is 0.224. The number of rotatable bonds is 9. The number of carbonyl (C=O) groups excluding carboxylic acids is 2. The first-order chi connectivity index (χ1) is 17.9. The number of aryl methyl sites for hydroxylation is 2. The molecule has 0 radical (unpaired) electrons. The molecule has 186 valence electrons. The number of hydrogen-bond acceptors (Lipinski definition) is 4. The van der Waals surface area contributed by atoms with Crippen molar-refractivity contribution in [1.82, 2.24) is 10.3 Å². The van der Waals surface area contributed by atoms with Crippen molar-refractivity contribution < 1.29 is 14.3 Å². The minimum atomic E-state index is -0.443. The van der Waals surface area contributed by atoms with Gasteiger partial charge in [0.15, 0.2) is 6.61 Å². The average molecular weight is 493 g/mol. The lowest BCUT2D eigenvalue weighted by Gasteiger charge is -2.09. The monoisotopic (exact) mass is 492 g/mol. The predicted octanol–water partition coefficient (Wildman–Crippen LogP) is 5.07. The van der Waals surface area contributed by atoms with Gasteiger partial charge in [-0.05, 0) is 78.9 Å². The molecule has 7 heteroatoms. The number of aromatic nitrogens is 1. The molecule has 4 aromatic rings. The van der Waals surface area contributed by atoms with Crippen LogP contribution >= 0.6 is 0 Å². The van der Waals surface area contributed by atoms with E-state index in [2.05, 4.69) is 15.6 Å². The number of ether oxygens (including phenoxy) is 1. The molecular weight excluding hydrogens is 464 g/mol. The lowest BCUT2D eigenvalue weighted by atomic mass is 10.1. The molecule has 1 heterocycles. The van der Waals surface area contributed by atoms with Crippen LogP contribution in [0.2, 0.25) is 0 Å². The van der Waals surface area contributed by atoms with Crippen LogP contribution in [0.1, 0.15) is 22.3 Å². The molecule has 0 unspecified atom stereocenters. The minimum absolute atomic E-state index is 0.0106. The molecule has 2 amide bonds. The van der Waals surface area contributed by atoms with Crippen LogP contribution < -0.4 is 15.4 Å². The highest BCUT2D eigenvalue weighted by Crippen LogP contribution is 2.19. The first kappa shape index (κ1) is 25.3. The van der Waals surface area contributed by atoms with E-state index in [4.69, 9.17) is 4.74 Å². The fraction of sp³-hybridized carbons (Fsp3) is 0.167. The molecule has 1 aromatic heterocycles. The molecule has 37 heavy (non-hydrogen) atoms. The molecule has 0 saturated heterocycles. The first-order valence-electron chi connectivity index (χ1n) is 12.0. The van der Waals surface area contributed by atoms with Crippen molar-refractivity contribution in [3.63, 3.8) is 0 Å². The van der Waals surface area contributed by atoms with E-state index in [1.54, 1.807) is 24.3 Å². The summed E-state index contributed by atoms with van der Waals surface area (Å²) in [4.78, 5) is 28.1. The second kappa shape index (κ2) is 11.7. The van der Waals surface area contributed by atoms with Crippen molar-refractivity contribution in [2.24, 2.45) is 0 Å². The highest BCUT2D eigenvalue weighted by atomic mass is 16.5. The van der Waals surface area contributed by atoms with Crippen molar-refractivity contribution in [2.45, 2.75) is 20.3 Å². The maximum Gasteiger partial charge on any atom is 0.262 e. The molecule has 7 nitrogen and oxygen atoms in total. The van der Waals surface area contributed by atoms with Crippen LogP contribution in [-0.4, -0.2) is 29.9 Å². The molecule has 0 atom stereocenters. The number of benzene rings is 3. The van der Waals surface area contributed by atoms with E-state index in [1.807, 2.05) is 68.6 Å². The molecule has 4 rings (SSSR count). The van der Waals surface area contributed by atoms with E-state index in [0.29, 0.717) is 30.0 Å². The van der Waals surface area contributed by atoms with E-state index in [9.17, 15) is 14.9 Å². The van der Waals surface area contributed by atoms with Crippen molar-refractivity contribution in [3.05, 3.63) is 101 Å². The van der Waals surface area contributed by atoms with E-state index < -0.39 is 5.91 Å². The van der Waals surface area contributed by atoms with Gasteiger partial charge in [-0.25, -0.2) is 0 Å². The summed E-state index contributed by atoms with van der Waals surface area (Å²) in [6, 6.07) is 22.6. The molecule has 0 aliphatic carbocycles. The zero-order chi connectivity index (χ0) is 26.2. The van der Waals surface area contributed by atoms with Crippen LogP contribution in [0.5, 0.6) is 5.75 Å². The summed E-state index contributed by atoms with van der Waals surface area (Å²) in [5, 5.41) is 16.3. The lowest BCUT2D eigenvalue weighted by Crippen LogP contribution is -2.26. The van der Waals surface area contributed by atoms with Gasteiger partial charge in [-0.1, -0.05) is 36.4 Å². The summed E-state index contributed by atoms with van der Waals surface area (Å²) in [5.74, 6) is -0.265. The Balaban J connectivity index is 1.32. The summed E-state index contributed by atoms with van der Waals surface area (Å²) in [6.45, 7) is 4.23. The number of carbonyl (C=O) groups is 2. The molecule has 0 aliphatic rings. The average Bonchev–Trinajstić information content (AvgIpc) is 3.31. The number of nitrogens with one attached hydrogen (secondary N) is 3. The van der Waals surface area contributed by atoms with E-state index in [1.165, 1.54) is 6.08 Å². The molecular formula is C30H28N4O3. The Morgan fingerprint density at radius 3 is 2.68 bits per heavy atom. The van der Waals surface area contributed by atoms with Crippen LogP contribution in [0.4, 0.5) is 5.69 Å². The Labute approximate surface area is 215 Å². The smallest absolute Gasteiger partial charge is 0.262 e. The largest absolute Gasteiger partial charge is 0.484 e. The van der Waals surface area contributed by atoms with Gasteiger partial charge in [0, 0.05) is 29.3 Å². The highest BCUT2D eigenvalue weighted by molar-refractivity contribution is 6.01. The van der Waals surface area contributed by atoms with E-state index >= 15 is 0 Å². The van der Waals surface area contributed by atoms with Crippen LogP contribution in [0.3, 0.4) is 0 Å². The molecule has 0 saturated carbocycles. The van der Waals surface area contributed by atoms with Gasteiger partial charge < -0.3 is 20.4 Å². The topological polar surface area (TPSA) is 107 Å². The molecule has 3 aromatic carbocycles. The summed E-state index contributed by atoms with van der Waals surface area (Å²) in [6.07, 6.45) is 4.08. The Bertz CT molecular complexity index is 1510. The van der Waals surface area contributed by atoms with Crippen molar-refractivity contribution >= 4 is 34.5 Å². The number of H-pyrrole nitrogens is 1. The van der Waals surface area contributed by atoms with E-state index in [-0.39, 0.29) is 18.1 Å². The number of para-hydroxylation sites is 1. The molecule has 0 spiro atoms. The number of aromatic amines is 1. The Morgan fingerprint density at radius 2 is 1.86 bits per heavy atom. The number of anilines is 1. The van der Waals surface area contributed by atoms with Crippen molar-refractivity contribution in [1.29, 1.82) is 5.26 Å². The van der Waals surface area contributed by atoms with Gasteiger partial charge >= 0.3 is 0 Å². The van der Waals surface area contributed by atoms with Crippen LogP contribution in [0.25, 0.3) is 17.0 Å². The Morgan fingerprint density at radius 1 is 1.03 bits per heavy atom. The number of nitrogens with zero attached hydrogens (tertiary/aromatic N) is 1. The summed E-state index contributed by atoms with van der Waals surface area (Å²) >= 11 is 0. The van der Waals surface area contributed by atoms with Crippen LogP contribution in [0.15, 0.2) is 78.5 Å². The van der Waals surface area contributed by atoms with Gasteiger partial charge in [-0.3, -0.25) is 9.59 Å². The van der Waals surface area contributed by atoms with Gasteiger partial charge in [0.1, 0.15) is 17.4 Å². The van der Waals surface area contributed by atoms with Crippen molar-refractivity contribution in [3.8, 4) is 11.8 Å². The third-order valence-corrected chi connectivity index (χ3v) is 6.05. The van der Waals surface area contributed by atoms with Gasteiger partial charge in [0.25, 0.3) is 11.8 Å².